The summed E-state index contributed by atoms with van der Waals surface area (Å²) in [5, 5.41) is 4.96. The number of methoxy groups -OCH3 is 1. The second kappa shape index (κ2) is 7.60. The van der Waals surface area contributed by atoms with Crippen molar-refractivity contribution in [3.63, 3.8) is 0 Å². The Labute approximate surface area is 163 Å². The molecule has 1 heterocycles. The van der Waals surface area contributed by atoms with Gasteiger partial charge in [-0.15, -0.1) is 0 Å². The average molecular weight is 375 g/mol. The average Bonchev–Trinajstić information content (AvgIpc) is 3.08. The van der Waals surface area contributed by atoms with Gasteiger partial charge in [0.15, 0.2) is 0 Å². The number of hydrogen-bond acceptors (Lipinski definition) is 3. The van der Waals surface area contributed by atoms with E-state index in [1.54, 1.807) is 16.9 Å². The summed E-state index contributed by atoms with van der Waals surface area (Å²) in [4.78, 5) is 28.6. The Hall–Kier alpha value is -3.54. The first-order valence-electron chi connectivity index (χ1n) is 9.14. The van der Waals surface area contributed by atoms with Crippen LogP contribution in [0.15, 0.2) is 66.7 Å². The van der Waals surface area contributed by atoms with Crippen molar-refractivity contribution in [2.45, 2.75) is 0 Å². The summed E-state index contributed by atoms with van der Waals surface area (Å²) in [6.45, 7) is 1.01. The number of fused-ring (bicyclic) bond motifs is 1. The molecule has 3 amide bonds. The number of nitrogens with one attached hydrogen (secondary N) is 1. The molecule has 6 nitrogen and oxygen atoms in total. The number of urea groups is 1. The maximum Gasteiger partial charge on any atom is 0.325 e. The fraction of sp³-hybridized carbons (Fsp3) is 0.182. The van der Waals surface area contributed by atoms with Gasteiger partial charge in [0.25, 0.3) is 0 Å². The molecule has 4 rings (SSSR count). The summed E-state index contributed by atoms with van der Waals surface area (Å²) in [6.07, 6.45) is 0. The van der Waals surface area contributed by atoms with Gasteiger partial charge in [0.1, 0.15) is 12.3 Å². The van der Waals surface area contributed by atoms with Gasteiger partial charge in [-0.2, -0.15) is 0 Å². The lowest BCUT2D eigenvalue weighted by molar-refractivity contribution is -0.116. The lowest BCUT2D eigenvalue weighted by atomic mass is 10.1. The molecule has 0 unspecified atom stereocenters. The molecule has 0 spiro atoms. The number of nitrogens with zero attached hydrogens (tertiary/aromatic N) is 2. The zero-order chi connectivity index (χ0) is 19.5. The summed E-state index contributed by atoms with van der Waals surface area (Å²) in [7, 11) is 1.58. The summed E-state index contributed by atoms with van der Waals surface area (Å²) >= 11 is 0. The van der Waals surface area contributed by atoms with Gasteiger partial charge < -0.3 is 15.0 Å². The second-order valence-electron chi connectivity index (χ2n) is 6.60. The number of ether oxygens (including phenoxy) is 1. The van der Waals surface area contributed by atoms with Crippen molar-refractivity contribution in [1.82, 2.24) is 4.90 Å². The first kappa shape index (κ1) is 17.9. The maximum absolute atomic E-state index is 12.8. The van der Waals surface area contributed by atoms with E-state index in [0.717, 1.165) is 16.5 Å². The molecule has 0 aromatic heterocycles. The Bertz CT molecular complexity index is 1030. The smallest absolute Gasteiger partial charge is 0.325 e. The summed E-state index contributed by atoms with van der Waals surface area (Å²) in [5.74, 6) is 0.421. The van der Waals surface area contributed by atoms with Crippen molar-refractivity contribution < 1.29 is 14.3 Å². The lowest BCUT2D eigenvalue weighted by Gasteiger charge is -2.20. The van der Waals surface area contributed by atoms with Gasteiger partial charge in [0.05, 0.1) is 12.8 Å². The van der Waals surface area contributed by atoms with Crippen LogP contribution in [0.5, 0.6) is 5.75 Å². The molecule has 3 aromatic carbocycles. The summed E-state index contributed by atoms with van der Waals surface area (Å²) in [5.41, 5.74) is 1.46. The normalized spacial score (nSPS) is 13.8. The van der Waals surface area contributed by atoms with Gasteiger partial charge in [0, 0.05) is 24.2 Å². The van der Waals surface area contributed by atoms with Crippen LogP contribution in [0, 0.1) is 0 Å². The van der Waals surface area contributed by atoms with E-state index in [9.17, 15) is 9.59 Å². The van der Waals surface area contributed by atoms with Crippen molar-refractivity contribution in [1.29, 1.82) is 0 Å². The van der Waals surface area contributed by atoms with Crippen LogP contribution in [0.3, 0.4) is 0 Å². The van der Waals surface area contributed by atoms with E-state index in [2.05, 4.69) is 5.32 Å². The molecule has 0 bridgehead atoms. The molecule has 3 aromatic rings. The number of carbonyl (C=O) groups excluding carboxylic acids is 2. The number of hydrogen-bond donors (Lipinski definition) is 1. The number of benzene rings is 3. The Morgan fingerprint density at radius 3 is 2.61 bits per heavy atom. The van der Waals surface area contributed by atoms with Crippen molar-refractivity contribution in [2.75, 3.05) is 37.0 Å². The predicted octanol–water partition coefficient (Wildman–Crippen LogP) is 3.73. The molecule has 1 aliphatic heterocycles. The molecule has 1 aliphatic rings. The van der Waals surface area contributed by atoms with Crippen LogP contribution in [0.1, 0.15) is 0 Å². The Kier molecular flexibility index (Phi) is 4.85. The van der Waals surface area contributed by atoms with Crippen LogP contribution in [0.4, 0.5) is 16.2 Å². The first-order valence-corrected chi connectivity index (χ1v) is 9.14. The van der Waals surface area contributed by atoms with Crippen LogP contribution < -0.4 is 15.0 Å². The van der Waals surface area contributed by atoms with E-state index in [1.165, 1.54) is 0 Å². The number of rotatable bonds is 5. The second-order valence-corrected chi connectivity index (χ2v) is 6.60. The molecule has 6 heteroatoms. The zero-order valence-electron chi connectivity index (χ0n) is 15.6. The zero-order valence-corrected chi connectivity index (χ0v) is 15.6. The van der Waals surface area contributed by atoms with Crippen LogP contribution >= 0.6 is 0 Å². The minimum absolute atomic E-state index is 0.00764. The molecule has 28 heavy (non-hydrogen) atoms. The highest BCUT2D eigenvalue weighted by Crippen LogP contribution is 2.30. The van der Waals surface area contributed by atoms with Crippen LogP contribution in [0.25, 0.3) is 10.8 Å². The minimum atomic E-state index is -0.216. The molecule has 1 saturated heterocycles. The van der Waals surface area contributed by atoms with E-state index in [4.69, 9.17) is 4.74 Å². The van der Waals surface area contributed by atoms with Gasteiger partial charge in [0.2, 0.25) is 5.91 Å². The maximum atomic E-state index is 12.8. The molecule has 0 atom stereocenters. The van der Waals surface area contributed by atoms with Gasteiger partial charge in [-0.05, 0) is 23.6 Å². The van der Waals surface area contributed by atoms with Gasteiger partial charge in [-0.3, -0.25) is 9.69 Å². The Morgan fingerprint density at radius 1 is 1.00 bits per heavy atom. The first-order chi connectivity index (χ1) is 13.7. The third-order valence-electron chi connectivity index (χ3n) is 4.87. The van der Waals surface area contributed by atoms with E-state index in [-0.39, 0.29) is 18.5 Å². The quantitative estimate of drug-likeness (QED) is 0.739. The summed E-state index contributed by atoms with van der Waals surface area (Å²) in [6, 6.07) is 20.8. The Morgan fingerprint density at radius 2 is 1.75 bits per heavy atom. The third kappa shape index (κ3) is 3.36. The van der Waals surface area contributed by atoms with Gasteiger partial charge in [-0.25, -0.2) is 4.79 Å². The lowest BCUT2D eigenvalue weighted by Crippen LogP contribution is -2.37. The van der Waals surface area contributed by atoms with E-state index in [0.29, 0.717) is 24.5 Å². The van der Waals surface area contributed by atoms with Crippen molar-refractivity contribution in [3.05, 3.63) is 66.7 Å². The van der Waals surface area contributed by atoms with E-state index < -0.39 is 0 Å². The number of carbonyl (C=O) groups is 2. The van der Waals surface area contributed by atoms with E-state index in [1.807, 2.05) is 66.7 Å². The number of para-hydroxylation sites is 2. The molecule has 1 N–H and O–H groups in total. The fourth-order valence-corrected chi connectivity index (χ4v) is 3.50. The molecule has 0 aliphatic carbocycles. The molecule has 0 saturated carbocycles. The van der Waals surface area contributed by atoms with Crippen LogP contribution in [-0.4, -0.2) is 43.6 Å². The highest BCUT2D eigenvalue weighted by atomic mass is 16.5. The van der Waals surface area contributed by atoms with Gasteiger partial charge >= 0.3 is 6.03 Å². The number of amides is 3. The standard InChI is InChI=1S/C22H21N3O3/c1-28-20-12-5-4-11-19(20)25-14-13-24(22(25)27)15-21(26)23-18-10-6-8-16-7-2-3-9-17(16)18/h2-12H,13-15H2,1H3,(H,23,26). The van der Waals surface area contributed by atoms with Crippen LogP contribution in [-0.2, 0) is 4.79 Å². The fourth-order valence-electron chi connectivity index (χ4n) is 3.50. The highest BCUT2D eigenvalue weighted by molar-refractivity contribution is 6.04. The van der Waals surface area contributed by atoms with Gasteiger partial charge in [-0.1, -0.05) is 48.5 Å². The molecular formula is C22H21N3O3. The highest BCUT2D eigenvalue weighted by Gasteiger charge is 2.32. The monoisotopic (exact) mass is 375 g/mol. The molecule has 142 valence electrons. The molecule has 1 fully saturated rings. The number of anilines is 2. The minimum Gasteiger partial charge on any atom is -0.495 e. The van der Waals surface area contributed by atoms with Crippen molar-refractivity contribution in [2.24, 2.45) is 0 Å². The third-order valence-corrected chi connectivity index (χ3v) is 4.87. The summed E-state index contributed by atoms with van der Waals surface area (Å²) < 4.78 is 5.35. The Balaban J connectivity index is 1.46. The largest absolute Gasteiger partial charge is 0.495 e. The van der Waals surface area contributed by atoms with Crippen molar-refractivity contribution in [3.8, 4) is 5.75 Å². The predicted molar refractivity (Wildman–Crippen MR) is 110 cm³/mol. The van der Waals surface area contributed by atoms with Crippen molar-refractivity contribution >= 4 is 34.1 Å². The van der Waals surface area contributed by atoms with E-state index >= 15 is 0 Å². The molecular weight excluding hydrogens is 354 g/mol. The molecule has 0 radical (unpaired) electrons. The van der Waals surface area contributed by atoms with Crippen LogP contribution in [0.2, 0.25) is 0 Å². The topological polar surface area (TPSA) is 61.9 Å². The SMILES string of the molecule is COc1ccccc1N1CCN(CC(=O)Nc2cccc3ccccc23)C1=O.